The second-order valence-electron chi connectivity index (χ2n) is 5.77. The van der Waals surface area contributed by atoms with E-state index >= 15 is 0 Å². The Kier molecular flexibility index (Phi) is 6.00. The van der Waals surface area contributed by atoms with Gasteiger partial charge in [0.25, 0.3) is 0 Å². The van der Waals surface area contributed by atoms with E-state index in [0.717, 1.165) is 11.8 Å². The number of nitrogens with zero attached hydrogens (tertiary/aromatic N) is 1. The average Bonchev–Trinajstić information content (AvgIpc) is 2.94. The van der Waals surface area contributed by atoms with Crippen LogP contribution in [-0.2, 0) is 16.4 Å². The summed E-state index contributed by atoms with van der Waals surface area (Å²) in [6, 6.07) is 4.18. The highest BCUT2D eigenvalue weighted by Gasteiger charge is 2.27. The maximum absolute atomic E-state index is 13.6. The molecule has 1 aromatic rings. The van der Waals surface area contributed by atoms with Gasteiger partial charge in [0.1, 0.15) is 0 Å². The molecule has 1 unspecified atom stereocenters. The molecule has 0 saturated carbocycles. The number of benzene rings is 1. The van der Waals surface area contributed by atoms with E-state index in [1.807, 2.05) is 0 Å². The van der Waals surface area contributed by atoms with E-state index in [9.17, 15) is 17.6 Å². The second kappa shape index (κ2) is 7.80. The number of methoxy groups -OCH3 is 1. The van der Waals surface area contributed by atoms with Gasteiger partial charge in [-0.3, -0.25) is 0 Å². The number of nitrogens with one attached hydrogen (secondary N) is 2. The molecule has 1 atom stereocenters. The van der Waals surface area contributed by atoms with Crippen molar-refractivity contribution in [3.05, 3.63) is 29.6 Å². The fourth-order valence-electron chi connectivity index (χ4n) is 2.63. The predicted molar refractivity (Wildman–Crippen MR) is 88.0 cm³/mol. The molecule has 2 N–H and O–H groups in total. The Morgan fingerprint density at radius 1 is 1.46 bits per heavy atom. The number of hydrogen-bond acceptors (Lipinski definition) is 4. The molecule has 0 aromatic heterocycles. The molecular weight excluding hydrogens is 337 g/mol. The first-order valence-electron chi connectivity index (χ1n) is 7.61. The maximum Gasteiger partial charge on any atom is 0.317 e. The highest BCUT2D eigenvalue weighted by molar-refractivity contribution is 7.88. The third-order valence-electron chi connectivity index (χ3n) is 3.76. The lowest BCUT2D eigenvalue weighted by Crippen LogP contribution is -2.42. The summed E-state index contributed by atoms with van der Waals surface area (Å²) in [6.07, 6.45) is 2.18. The van der Waals surface area contributed by atoms with Gasteiger partial charge < -0.3 is 15.0 Å². The van der Waals surface area contributed by atoms with Crippen molar-refractivity contribution in [2.24, 2.45) is 0 Å². The van der Waals surface area contributed by atoms with Crippen molar-refractivity contribution in [2.75, 3.05) is 33.0 Å². The number of carbonyl (C=O) groups excluding carboxylic acids is 1. The third-order valence-corrected chi connectivity index (χ3v) is 4.52. The number of ether oxygens (including phenoxy) is 1. The van der Waals surface area contributed by atoms with Gasteiger partial charge in [-0.2, -0.15) is 0 Å². The molecule has 1 heterocycles. The lowest BCUT2D eigenvalue weighted by Gasteiger charge is -2.17. The summed E-state index contributed by atoms with van der Waals surface area (Å²) in [4.78, 5) is 13.6. The highest BCUT2D eigenvalue weighted by atomic mass is 32.2. The van der Waals surface area contributed by atoms with Gasteiger partial charge in [0.15, 0.2) is 11.6 Å². The van der Waals surface area contributed by atoms with E-state index in [-0.39, 0.29) is 17.8 Å². The number of carbonyl (C=O) groups is 1. The Morgan fingerprint density at radius 3 is 2.83 bits per heavy atom. The van der Waals surface area contributed by atoms with Crippen LogP contribution in [0.25, 0.3) is 0 Å². The minimum Gasteiger partial charge on any atom is -0.494 e. The van der Waals surface area contributed by atoms with Gasteiger partial charge in [0.05, 0.1) is 13.4 Å². The lowest BCUT2D eigenvalue weighted by atomic mass is 10.1. The summed E-state index contributed by atoms with van der Waals surface area (Å²) in [6.45, 7) is 1.21. The molecular formula is C15H22FN3O4S. The third kappa shape index (κ3) is 5.34. The monoisotopic (exact) mass is 359 g/mol. The Labute approximate surface area is 141 Å². The zero-order chi connectivity index (χ0) is 17.7. The fourth-order valence-corrected chi connectivity index (χ4v) is 3.43. The van der Waals surface area contributed by atoms with Crippen molar-refractivity contribution in [1.29, 1.82) is 0 Å². The quantitative estimate of drug-likeness (QED) is 0.783. The standard InChI is InChI=1S/C15H22FN3O4S/c1-23-14-4-3-11(9-13(14)16)5-7-17-15(20)19-8-6-12(10-19)18-24(2,21)22/h3-4,9,12,18H,5-8,10H2,1-2H3,(H,17,20). The van der Waals surface area contributed by atoms with Gasteiger partial charge in [-0.15, -0.1) is 0 Å². The van der Waals surface area contributed by atoms with Gasteiger partial charge in [-0.1, -0.05) is 6.07 Å². The van der Waals surface area contributed by atoms with Crippen molar-refractivity contribution in [3.8, 4) is 5.75 Å². The zero-order valence-electron chi connectivity index (χ0n) is 13.7. The SMILES string of the molecule is COc1ccc(CCNC(=O)N2CCC(NS(C)(=O)=O)C2)cc1F. The van der Waals surface area contributed by atoms with Crippen LogP contribution in [0, 0.1) is 5.82 Å². The lowest BCUT2D eigenvalue weighted by molar-refractivity contribution is 0.208. The molecule has 0 radical (unpaired) electrons. The fraction of sp³-hybridized carbons (Fsp3) is 0.533. The first kappa shape index (κ1) is 18.5. The number of hydrogen-bond donors (Lipinski definition) is 2. The zero-order valence-corrected chi connectivity index (χ0v) is 14.5. The van der Waals surface area contributed by atoms with Crippen LogP contribution in [0.4, 0.5) is 9.18 Å². The van der Waals surface area contributed by atoms with Crippen LogP contribution >= 0.6 is 0 Å². The molecule has 2 rings (SSSR count). The summed E-state index contributed by atoms with van der Waals surface area (Å²) in [5, 5.41) is 2.76. The van der Waals surface area contributed by atoms with Crippen molar-refractivity contribution < 1.29 is 22.3 Å². The number of urea groups is 1. The summed E-state index contributed by atoms with van der Waals surface area (Å²) < 4.78 is 43.3. The normalized spacial score (nSPS) is 17.8. The van der Waals surface area contributed by atoms with Crippen molar-refractivity contribution in [3.63, 3.8) is 0 Å². The molecule has 7 nitrogen and oxygen atoms in total. The molecule has 0 bridgehead atoms. The largest absolute Gasteiger partial charge is 0.494 e. The molecule has 0 spiro atoms. The van der Waals surface area contributed by atoms with Crippen LogP contribution in [0.15, 0.2) is 18.2 Å². The number of amides is 2. The molecule has 1 aliphatic rings. The topological polar surface area (TPSA) is 87.7 Å². The molecule has 2 amide bonds. The minimum absolute atomic E-state index is 0.185. The van der Waals surface area contributed by atoms with Gasteiger partial charge in [-0.05, 0) is 30.5 Å². The van der Waals surface area contributed by atoms with Gasteiger partial charge in [0, 0.05) is 25.7 Å². The molecule has 24 heavy (non-hydrogen) atoms. The smallest absolute Gasteiger partial charge is 0.317 e. The molecule has 1 fully saturated rings. The summed E-state index contributed by atoms with van der Waals surface area (Å²) in [5.41, 5.74) is 0.756. The van der Waals surface area contributed by atoms with Crippen molar-refractivity contribution in [2.45, 2.75) is 18.9 Å². The Bertz CT molecular complexity index is 696. The first-order chi connectivity index (χ1) is 11.3. The van der Waals surface area contributed by atoms with Gasteiger partial charge in [-0.25, -0.2) is 22.3 Å². The Balaban J connectivity index is 1.77. The molecule has 1 aromatic carbocycles. The van der Waals surface area contributed by atoms with E-state index in [2.05, 4.69) is 10.0 Å². The number of halogens is 1. The van der Waals surface area contributed by atoms with E-state index < -0.39 is 15.8 Å². The molecule has 134 valence electrons. The van der Waals surface area contributed by atoms with Crippen LogP contribution in [0.1, 0.15) is 12.0 Å². The van der Waals surface area contributed by atoms with Crippen LogP contribution in [-0.4, -0.2) is 58.4 Å². The van der Waals surface area contributed by atoms with Crippen LogP contribution in [0.5, 0.6) is 5.75 Å². The highest BCUT2D eigenvalue weighted by Crippen LogP contribution is 2.17. The molecule has 1 saturated heterocycles. The predicted octanol–water partition coefficient (Wildman–Crippen LogP) is 0.710. The number of rotatable bonds is 6. The molecule has 9 heteroatoms. The number of likely N-dealkylation sites (tertiary alicyclic amines) is 1. The average molecular weight is 359 g/mol. The van der Waals surface area contributed by atoms with E-state index in [0.29, 0.717) is 32.5 Å². The van der Waals surface area contributed by atoms with Gasteiger partial charge in [0.2, 0.25) is 10.0 Å². The van der Waals surface area contributed by atoms with Crippen LogP contribution < -0.4 is 14.8 Å². The maximum atomic E-state index is 13.6. The van der Waals surface area contributed by atoms with Crippen molar-refractivity contribution in [1.82, 2.24) is 14.9 Å². The first-order valence-corrected chi connectivity index (χ1v) is 9.50. The van der Waals surface area contributed by atoms with E-state index in [1.54, 1.807) is 17.0 Å². The summed E-state index contributed by atoms with van der Waals surface area (Å²) in [7, 11) is -1.87. The van der Waals surface area contributed by atoms with Crippen molar-refractivity contribution >= 4 is 16.1 Å². The summed E-state index contributed by atoms with van der Waals surface area (Å²) >= 11 is 0. The van der Waals surface area contributed by atoms with Crippen LogP contribution in [0.3, 0.4) is 0 Å². The Hall–Kier alpha value is -1.87. The van der Waals surface area contributed by atoms with Gasteiger partial charge >= 0.3 is 6.03 Å². The van der Waals surface area contributed by atoms with E-state index in [1.165, 1.54) is 13.2 Å². The van der Waals surface area contributed by atoms with E-state index in [4.69, 9.17) is 4.74 Å². The summed E-state index contributed by atoms with van der Waals surface area (Å²) in [5.74, 6) is -0.250. The number of sulfonamides is 1. The molecule has 0 aliphatic carbocycles. The second-order valence-corrected chi connectivity index (χ2v) is 7.55. The minimum atomic E-state index is -3.27. The Morgan fingerprint density at radius 2 is 2.21 bits per heavy atom. The van der Waals surface area contributed by atoms with Crippen LogP contribution in [0.2, 0.25) is 0 Å². The molecule has 1 aliphatic heterocycles.